The number of anilines is 1. The van der Waals surface area contributed by atoms with Crippen LogP contribution >= 0.6 is 0 Å². The van der Waals surface area contributed by atoms with Crippen molar-refractivity contribution in [1.82, 2.24) is 14.7 Å². The van der Waals surface area contributed by atoms with Gasteiger partial charge in [0.05, 0.1) is 12.4 Å². The Morgan fingerprint density at radius 1 is 1.24 bits per heavy atom. The number of rotatable bonds is 6. The highest BCUT2D eigenvalue weighted by Gasteiger charge is 2.14. The minimum absolute atomic E-state index is 0.0132. The first-order valence-corrected chi connectivity index (χ1v) is 7.73. The summed E-state index contributed by atoms with van der Waals surface area (Å²) in [6, 6.07) is 6.04. The van der Waals surface area contributed by atoms with Gasteiger partial charge in [-0.2, -0.15) is 0 Å². The lowest BCUT2D eigenvalue weighted by molar-refractivity contribution is 0.580. The number of nitrogens with one attached hydrogen (secondary N) is 2. The molecule has 21 heavy (non-hydrogen) atoms. The normalized spacial score (nSPS) is 11.3. The van der Waals surface area contributed by atoms with Gasteiger partial charge in [0.2, 0.25) is 16.0 Å². The average Bonchev–Trinajstić information content (AvgIpc) is 2.47. The molecule has 0 aliphatic carbocycles. The van der Waals surface area contributed by atoms with E-state index in [0.29, 0.717) is 12.4 Å². The largest absolute Gasteiger partial charge is 0.357 e. The lowest BCUT2D eigenvalue weighted by Crippen LogP contribution is -2.26. The summed E-state index contributed by atoms with van der Waals surface area (Å²) >= 11 is 0. The highest BCUT2D eigenvalue weighted by Crippen LogP contribution is 2.08. The number of halogens is 1. The molecule has 2 N–H and O–H groups in total. The molecular formula is C13H15FN4O2S. The fraction of sp³-hybridized carbons (Fsp3) is 0.231. The summed E-state index contributed by atoms with van der Waals surface area (Å²) in [5, 5.41) is 2.70. The molecule has 0 amide bonds. The molecule has 1 aromatic carbocycles. The molecule has 2 rings (SSSR count). The Morgan fingerprint density at radius 3 is 2.57 bits per heavy atom. The predicted molar refractivity (Wildman–Crippen MR) is 76.9 cm³/mol. The predicted octanol–water partition coefficient (Wildman–Crippen LogP) is 1.18. The van der Waals surface area contributed by atoms with E-state index in [-0.39, 0.29) is 17.3 Å². The molecule has 0 aliphatic heterocycles. The smallest absolute Gasteiger partial charge is 0.243 e. The zero-order chi connectivity index (χ0) is 15.3. The Hall–Kier alpha value is -2.06. The molecule has 8 heteroatoms. The highest BCUT2D eigenvalue weighted by molar-refractivity contribution is 7.89. The average molecular weight is 310 g/mol. The van der Waals surface area contributed by atoms with Gasteiger partial charge in [-0.05, 0) is 24.1 Å². The van der Waals surface area contributed by atoms with Crippen molar-refractivity contribution in [3.05, 3.63) is 48.0 Å². The first kappa shape index (κ1) is 15.3. The van der Waals surface area contributed by atoms with Gasteiger partial charge in [-0.1, -0.05) is 12.1 Å². The fourth-order valence-electron chi connectivity index (χ4n) is 1.69. The van der Waals surface area contributed by atoms with E-state index in [9.17, 15) is 12.8 Å². The van der Waals surface area contributed by atoms with Crippen molar-refractivity contribution in [1.29, 1.82) is 0 Å². The summed E-state index contributed by atoms with van der Waals surface area (Å²) < 4.78 is 39.4. The maximum atomic E-state index is 13.0. The zero-order valence-corrected chi connectivity index (χ0v) is 12.2. The fourth-order valence-corrected chi connectivity index (χ4v) is 2.61. The van der Waals surface area contributed by atoms with Crippen LogP contribution in [0.2, 0.25) is 0 Å². The molecule has 2 aromatic rings. The summed E-state index contributed by atoms with van der Waals surface area (Å²) in [5.74, 6) is 0.000113. The van der Waals surface area contributed by atoms with Crippen molar-refractivity contribution < 1.29 is 12.8 Å². The van der Waals surface area contributed by atoms with Gasteiger partial charge < -0.3 is 5.32 Å². The van der Waals surface area contributed by atoms with Crippen LogP contribution in [0, 0.1) is 5.82 Å². The monoisotopic (exact) mass is 310 g/mol. The van der Waals surface area contributed by atoms with Crippen molar-refractivity contribution in [2.75, 3.05) is 18.9 Å². The Balaban J connectivity index is 1.97. The molecule has 112 valence electrons. The lowest BCUT2D eigenvalue weighted by atomic mass is 10.1. The third-order valence-corrected chi connectivity index (χ3v) is 4.17. The highest BCUT2D eigenvalue weighted by atomic mass is 32.2. The van der Waals surface area contributed by atoms with E-state index in [2.05, 4.69) is 20.0 Å². The second kappa shape index (κ2) is 6.59. The molecular weight excluding hydrogens is 295 g/mol. The van der Waals surface area contributed by atoms with Gasteiger partial charge in [0.1, 0.15) is 10.7 Å². The van der Waals surface area contributed by atoms with Crippen LogP contribution in [-0.4, -0.2) is 32.0 Å². The molecule has 1 aromatic heterocycles. The molecule has 1 heterocycles. The molecule has 0 unspecified atom stereocenters. The third-order valence-electron chi connectivity index (χ3n) is 2.76. The molecule has 0 saturated heterocycles. The summed E-state index contributed by atoms with van der Waals surface area (Å²) in [6.07, 6.45) is 2.85. The van der Waals surface area contributed by atoms with Gasteiger partial charge in [0.15, 0.2) is 0 Å². The molecule has 0 aliphatic rings. The minimum Gasteiger partial charge on any atom is -0.357 e. The molecule has 0 radical (unpaired) electrons. The van der Waals surface area contributed by atoms with Crippen LogP contribution in [-0.2, 0) is 16.4 Å². The Kier molecular flexibility index (Phi) is 4.81. The van der Waals surface area contributed by atoms with Crippen molar-refractivity contribution in [3.8, 4) is 0 Å². The molecule has 0 bridgehead atoms. The van der Waals surface area contributed by atoms with Crippen LogP contribution in [0.5, 0.6) is 0 Å². The topological polar surface area (TPSA) is 84.0 Å². The quantitative estimate of drug-likeness (QED) is 0.837. The number of benzene rings is 1. The van der Waals surface area contributed by atoms with Gasteiger partial charge in [0, 0.05) is 13.6 Å². The van der Waals surface area contributed by atoms with Gasteiger partial charge >= 0.3 is 0 Å². The molecule has 0 saturated carbocycles. The van der Waals surface area contributed by atoms with E-state index in [1.54, 1.807) is 19.2 Å². The van der Waals surface area contributed by atoms with E-state index < -0.39 is 10.0 Å². The molecule has 6 nitrogen and oxygen atoms in total. The Bertz CT molecular complexity index is 704. The van der Waals surface area contributed by atoms with E-state index in [1.165, 1.54) is 24.5 Å². The number of hydrogen-bond acceptors (Lipinski definition) is 5. The van der Waals surface area contributed by atoms with Crippen LogP contribution in [0.1, 0.15) is 5.56 Å². The van der Waals surface area contributed by atoms with Gasteiger partial charge in [-0.25, -0.2) is 27.5 Å². The van der Waals surface area contributed by atoms with Crippen LogP contribution in [0.25, 0.3) is 0 Å². The second-order valence-corrected chi connectivity index (χ2v) is 6.04. The van der Waals surface area contributed by atoms with Crippen LogP contribution in [0.3, 0.4) is 0 Å². The first-order chi connectivity index (χ1) is 10.0. The lowest BCUT2D eigenvalue weighted by Gasteiger charge is -2.07. The van der Waals surface area contributed by atoms with Crippen molar-refractivity contribution >= 4 is 16.0 Å². The van der Waals surface area contributed by atoms with E-state index >= 15 is 0 Å². The van der Waals surface area contributed by atoms with Crippen LogP contribution < -0.4 is 10.0 Å². The van der Waals surface area contributed by atoms with E-state index in [4.69, 9.17) is 0 Å². The second-order valence-electron chi connectivity index (χ2n) is 4.27. The van der Waals surface area contributed by atoms with Crippen molar-refractivity contribution in [2.45, 2.75) is 11.3 Å². The number of sulfonamides is 1. The molecule has 0 spiro atoms. The summed E-state index contributed by atoms with van der Waals surface area (Å²) in [6.45, 7) is 0.166. The van der Waals surface area contributed by atoms with Crippen molar-refractivity contribution in [3.63, 3.8) is 0 Å². The molecule has 0 atom stereocenters. The maximum Gasteiger partial charge on any atom is 0.243 e. The van der Waals surface area contributed by atoms with Gasteiger partial charge in [-0.15, -0.1) is 0 Å². The van der Waals surface area contributed by atoms with Crippen LogP contribution in [0.4, 0.5) is 10.3 Å². The first-order valence-electron chi connectivity index (χ1n) is 6.25. The SMILES string of the molecule is CNc1ncc(S(=O)(=O)NCCc2cccc(F)c2)cn1. The third kappa shape index (κ3) is 4.20. The summed E-state index contributed by atoms with van der Waals surface area (Å²) in [7, 11) is -2.02. The Labute approximate surface area is 122 Å². The summed E-state index contributed by atoms with van der Waals surface area (Å²) in [5.41, 5.74) is 0.722. The van der Waals surface area contributed by atoms with Crippen LogP contribution in [0.15, 0.2) is 41.6 Å². The number of aromatic nitrogens is 2. The van der Waals surface area contributed by atoms with Gasteiger partial charge in [-0.3, -0.25) is 0 Å². The number of nitrogens with zero attached hydrogens (tertiary/aromatic N) is 2. The standard InChI is InChI=1S/C13H15FN4O2S/c1-15-13-16-8-12(9-17-13)21(19,20)18-6-5-10-3-2-4-11(14)7-10/h2-4,7-9,18H,5-6H2,1H3,(H,15,16,17). The Morgan fingerprint density at radius 2 is 1.95 bits per heavy atom. The van der Waals surface area contributed by atoms with E-state index in [0.717, 1.165) is 5.56 Å². The summed E-state index contributed by atoms with van der Waals surface area (Å²) in [4.78, 5) is 7.69. The minimum atomic E-state index is -3.66. The maximum absolute atomic E-state index is 13.0. The van der Waals surface area contributed by atoms with Gasteiger partial charge in [0.25, 0.3) is 0 Å². The van der Waals surface area contributed by atoms with Crippen molar-refractivity contribution in [2.24, 2.45) is 0 Å². The zero-order valence-electron chi connectivity index (χ0n) is 11.4. The van der Waals surface area contributed by atoms with E-state index in [1.807, 2.05) is 0 Å². The molecule has 0 fully saturated rings. The number of hydrogen-bond donors (Lipinski definition) is 2.